The highest BCUT2D eigenvalue weighted by atomic mass is 19.1. The van der Waals surface area contributed by atoms with Crippen LogP contribution in [0, 0.1) is 5.82 Å². The summed E-state index contributed by atoms with van der Waals surface area (Å²) in [6.45, 7) is 1.68. The Morgan fingerprint density at radius 2 is 1.67 bits per heavy atom. The van der Waals surface area contributed by atoms with Gasteiger partial charge >= 0.3 is 0 Å². The Bertz CT molecular complexity index is 551. The highest BCUT2D eigenvalue weighted by molar-refractivity contribution is 5.75. The SMILES string of the molecule is CN1CN(Cc2ccc(F)cc2)c2ccccc21. The van der Waals surface area contributed by atoms with Crippen LogP contribution >= 0.6 is 0 Å². The number of anilines is 2. The zero-order chi connectivity index (χ0) is 12.5. The van der Waals surface area contributed by atoms with Gasteiger partial charge in [0.05, 0.1) is 18.0 Å². The van der Waals surface area contributed by atoms with E-state index in [-0.39, 0.29) is 5.82 Å². The summed E-state index contributed by atoms with van der Waals surface area (Å²) in [6, 6.07) is 15.1. The van der Waals surface area contributed by atoms with E-state index in [9.17, 15) is 4.39 Å². The maximum atomic E-state index is 12.9. The average Bonchev–Trinajstić information content (AvgIpc) is 2.70. The summed E-state index contributed by atoms with van der Waals surface area (Å²) < 4.78 is 12.9. The molecule has 0 spiro atoms. The van der Waals surface area contributed by atoms with Crippen molar-refractivity contribution < 1.29 is 4.39 Å². The second-order valence-corrected chi connectivity index (χ2v) is 4.65. The highest BCUT2D eigenvalue weighted by Gasteiger charge is 2.22. The largest absolute Gasteiger partial charge is 0.355 e. The lowest BCUT2D eigenvalue weighted by Gasteiger charge is -2.19. The van der Waals surface area contributed by atoms with E-state index in [1.165, 1.54) is 23.5 Å². The fourth-order valence-electron chi connectivity index (χ4n) is 2.41. The first-order valence-corrected chi connectivity index (χ1v) is 6.03. The molecule has 0 N–H and O–H groups in total. The molecule has 2 nitrogen and oxygen atoms in total. The molecule has 3 heteroatoms. The van der Waals surface area contributed by atoms with Crippen molar-refractivity contribution in [2.24, 2.45) is 0 Å². The molecule has 2 aromatic rings. The van der Waals surface area contributed by atoms with Crippen LogP contribution in [0.2, 0.25) is 0 Å². The molecule has 3 rings (SSSR count). The van der Waals surface area contributed by atoms with Gasteiger partial charge in [-0.25, -0.2) is 4.39 Å². The summed E-state index contributed by atoms with van der Waals surface area (Å²) in [7, 11) is 2.09. The molecule has 0 unspecified atom stereocenters. The van der Waals surface area contributed by atoms with Crippen molar-refractivity contribution in [1.82, 2.24) is 0 Å². The Morgan fingerprint density at radius 3 is 2.39 bits per heavy atom. The first-order chi connectivity index (χ1) is 8.74. The Labute approximate surface area is 106 Å². The fraction of sp³-hybridized carbons (Fsp3) is 0.200. The summed E-state index contributed by atoms with van der Waals surface area (Å²) in [5.74, 6) is -0.183. The van der Waals surface area contributed by atoms with E-state index >= 15 is 0 Å². The molecular formula is C15H15FN2. The molecule has 0 radical (unpaired) electrons. The molecule has 0 amide bonds. The van der Waals surface area contributed by atoms with Gasteiger partial charge in [0, 0.05) is 13.6 Å². The number of nitrogens with zero attached hydrogens (tertiary/aromatic N) is 2. The molecule has 1 aliphatic rings. The second kappa shape index (κ2) is 4.33. The van der Waals surface area contributed by atoms with Crippen molar-refractivity contribution in [3.63, 3.8) is 0 Å². The van der Waals surface area contributed by atoms with Crippen LogP contribution in [-0.4, -0.2) is 13.7 Å². The van der Waals surface area contributed by atoms with Crippen molar-refractivity contribution in [3.05, 3.63) is 59.9 Å². The zero-order valence-electron chi connectivity index (χ0n) is 10.3. The monoisotopic (exact) mass is 242 g/mol. The molecule has 0 saturated carbocycles. The van der Waals surface area contributed by atoms with Crippen molar-refractivity contribution in [2.75, 3.05) is 23.5 Å². The van der Waals surface area contributed by atoms with E-state index in [1.54, 1.807) is 0 Å². The van der Waals surface area contributed by atoms with Crippen LogP contribution < -0.4 is 9.80 Å². The summed E-state index contributed by atoms with van der Waals surface area (Å²) in [6.07, 6.45) is 0. The minimum Gasteiger partial charge on any atom is -0.355 e. The normalized spacial score (nSPS) is 13.9. The van der Waals surface area contributed by atoms with Gasteiger partial charge < -0.3 is 9.80 Å². The van der Waals surface area contributed by atoms with Crippen LogP contribution in [-0.2, 0) is 6.54 Å². The quantitative estimate of drug-likeness (QED) is 0.797. The molecule has 1 heterocycles. The number of benzene rings is 2. The third kappa shape index (κ3) is 1.92. The van der Waals surface area contributed by atoms with Gasteiger partial charge in [-0.2, -0.15) is 0 Å². The fourth-order valence-corrected chi connectivity index (χ4v) is 2.41. The van der Waals surface area contributed by atoms with Gasteiger partial charge in [-0.1, -0.05) is 24.3 Å². The van der Waals surface area contributed by atoms with Crippen LogP contribution in [0.4, 0.5) is 15.8 Å². The highest BCUT2D eigenvalue weighted by Crippen LogP contribution is 2.35. The maximum absolute atomic E-state index is 12.9. The van der Waals surface area contributed by atoms with E-state index in [0.717, 1.165) is 18.8 Å². The van der Waals surface area contributed by atoms with E-state index in [2.05, 4.69) is 41.1 Å². The van der Waals surface area contributed by atoms with Crippen LogP contribution in [0.3, 0.4) is 0 Å². The van der Waals surface area contributed by atoms with Crippen molar-refractivity contribution >= 4 is 11.4 Å². The molecule has 92 valence electrons. The minimum atomic E-state index is -0.183. The molecule has 0 saturated heterocycles. The Kier molecular flexibility index (Phi) is 2.67. The predicted octanol–water partition coefficient (Wildman–Crippen LogP) is 3.24. The third-order valence-corrected chi connectivity index (χ3v) is 3.30. The van der Waals surface area contributed by atoms with E-state index in [0.29, 0.717) is 0 Å². The van der Waals surface area contributed by atoms with E-state index in [1.807, 2.05) is 12.1 Å². The molecule has 0 fully saturated rings. The zero-order valence-corrected chi connectivity index (χ0v) is 10.3. The van der Waals surface area contributed by atoms with Gasteiger partial charge in [0.15, 0.2) is 0 Å². The molecule has 0 aliphatic carbocycles. The van der Waals surface area contributed by atoms with Crippen LogP contribution in [0.15, 0.2) is 48.5 Å². The van der Waals surface area contributed by atoms with Gasteiger partial charge in [-0.3, -0.25) is 0 Å². The number of hydrogen-bond donors (Lipinski definition) is 0. The lowest BCUT2D eigenvalue weighted by atomic mass is 10.2. The van der Waals surface area contributed by atoms with Crippen LogP contribution in [0.5, 0.6) is 0 Å². The molecule has 0 atom stereocenters. The summed E-state index contributed by atoms with van der Waals surface area (Å²) in [5, 5.41) is 0. The smallest absolute Gasteiger partial charge is 0.123 e. The standard InChI is InChI=1S/C15H15FN2/c1-17-11-18(15-5-3-2-4-14(15)17)10-12-6-8-13(16)9-7-12/h2-9H,10-11H2,1H3. The number of hydrogen-bond acceptors (Lipinski definition) is 2. The first-order valence-electron chi connectivity index (χ1n) is 6.03. The predicted molar refractivity (Wildman–Crippen MR) is 72.3 cm³/mol. The molecule has 0 bridgehead atoms. The second-order valence-electron chi connectivity index (χ2n) is 4.65. The summed E-state index contributed by atoms with van der Waals surface area (Å²) in [5.41, 5.74) is 3.62. The van der Waals surface area contributed by atoms with Crippen molar-refractivity contribution in [1.29, 1.82) is 0 Å². The van der Waals surface area contributed by atoms with Crippen LogP contribution in [0.25, 0.3) is 0 Å². The van der Waals surface area contributed by atoms with Gasteiger partial charge in [0.1, 0.15) is 5.82 Å². The number of para-hydroxylation sites is 2. The Balaban J connectivity index is 1.85. The third-order valence-electron chi connectivity index (χ3n) is 3.30. The van der Waals surface area contributed by atoms with Gasteiger partial charge in [-0.05, 0) is 29.8 Å². The van der Waals surface area contributed by atoms with Crippen molar-refractivity contribution in [2.45, 2.75) is 6.54 Å². The summed E-state index contributed by atoms with van der Waals surface area (Å²) >= 11 is 0. The lowest BCUT2D eigenvalue weighted by molar-refractivity contribution is 0.626. The van der Waals surface area contributed by atoms with Crippen molar-refractivity contribution in [3.8, 4) is 0 Å². The molecular weight excluding hydrogens is 227 g/mol. The van der Waals surface area contributed by atoms with E-state index < -0.39 is 0 Å². The maximum Gasteiger partial charge on any atom is 0.123 e. The van der Waals surface area contributed by atoms with Gasteiger partial charge in [-0.15, -0.1) is 0 Å². The van der Waals surface area contributed by atoms with Crippen LogP contribution in [0.1, 0.15) is 5.56 Å². The minimum absolute atomic E-state index is 0.183. The molecule has 18 heavy (non-hydrogen) atoms. The Hall–Kier alpha value is -2.03. The average molecular weight is 242 g/mol. The summed E-state index contributed by atoms with van der Waals surface area (Å²) in [4.78, 5) is 4.52. The van der Waals surface area contributed by atoms with Gasteiger partial charge in [0.25, 0.3) is 0 Å². The number of rotatable bonds is 2. The molecule has 2 aromatic carbocycles. The molecule has 0 aromatic heterocycles. The Morgan fingerprint density at radius 1 is 1.00 bits per heavy atom. The lowest BCUT2D eigenvalue weighted by Crippen LogP contribution is -2.27. The number of fused-ring (bicyclic) bond motifs is 1. The topological polar surface area (TPSA) is 6.48 Å². The first kappa shape index (κ1) is 11.1. The van der Waals surface area contributed by atoms with Gasteiger partial charge in [0.2, 0.25) is 0 Å². The molecule has 1 aliphatic heterocycles. The van der Waals surface area contributed by atoms with E-state index in [4.69, 9.17) is 0 Å². The number of halogens is 1.